The lowest BCUT2D eigenvalue weighted by Gasteiger charge is -2.40. The zero-order chi connectivity index (χ0) is 13.0. The Labute approximate surface area is 112 Å². The summed E-state index contributed by atoms with van der Waals surface area (Å²) in [5.74, 6) is 1.42. The Morgan fingerprint density at radius 1 is 1.28 bits per heavy atom. The standard InChI is InChI=1S/C15H30N2O/c1-3-7-16-14-8-13(15(18)4-2)10-17(11-14)9-12-5-6-12/h12-16,18H,3-11H2,1-2H3. The van der Waals surface area contributed by atoms with Gasteiger partial charge in [0.1, 0.15) is 0 Å². The van der Waals surface area contributed by atoms with Gasteiger partial charge >= 0.3 is 0 Å². The summed E-state index contributed by atoms with van der Waals surface area (Å²) in [6.07, 6.45) is 5.96. The zero-order valence-corrected chi connectivity index (χ0v) is 12.1. The van der Waals surface area contributed by atoms with E-state index in [1.54, 1.807) is 0 Å². The first-order chi connectivity index (χ1) is 8.72. The molecular weight excluding hydrogens is 224 g/mol. The first-order valence-electron chi connectivity index (χ1n) is 7.86. The summed E-state index contributed by atoms with van der Waals surface area (Å²) < 4.78 is 0. The maximum absolute atomic E-state index is 10.1. The Morgan fingerprint density at radius 2 is 2.06 bits per heavy atom. The lowest BCUT2D eigenvalue weighted by molar-refractivity contribution is 0.0341. The van der Waals surface area contributed by atoms with Crippen LogP contribution in [0.1, 0.15) is 46.0 Å². The summed E-state index contributed by atoms with van der Waals surface area (Å²) in [6, 6.07) is 0.587. The van der Waals surface area contributed by atoms with Crippen molar-refractivity contribution in [1.29, 1.82) is 0 Å². The van der Waals surface area contributed by atoms with Crippen molar-refractivity contribution in [3.05, 3.63) is 0 Å². The largest absolute Gasteiger partial charge is 0.393 e. The Balaban J connectivity index is 1.86. The van der Waals surface area contributed by atoms with Crippen LogP contribution in [0.5, 0.6) is 0 Å². The van der Waals surface area contributed by atoms with E-state index in [0.717, 1.165) is 31.8 Å². The molecule has 0 radical (unpaired) electrons. The van der Waals surface area contributed by atoms with E-state index >= 15 is 0 Å². The fourth-order valence-corrected chi connectivity index (χ4v) is 3.16. The average molecular weight is 254 g/mol. The van der Waals surface area contributed by atoms with Crippen LogP contribution in [0.2, 0.25) is 0 Å². The number of nitrogens with zero attached hydrogens (tertiary/aromatic N) is 1. The highest BCUT2D eigenvalue weighted by atomic mass is 16.3. The third kappa shape index (κ3) is 4.22. The molecule has 0 amide bonds. The molecule has 2 rings (SSSR count). The molecule has 0 aromatic heterocycles. The molecule has 3 unspecified atom stereocenters. The fourth-order valence-electron chi connectivity index (χ4n) is 3.16. The van der Waals surface area contributed by atoms with Crippen LogP contribution in [-0.4, -0.2) is 48.3 Å². The zero-order valence-electron chi connectivity index (χ0n) is 12.1. The van der Waals surface area contributed by atoms with Crippen LogP contribution in [0.25, 0.3) is 0 Å². The van der Waals surface area contributed by atoms with Crippen LogP contribution >= 0.6 is 0 Å². The molecule has 3 heteroatoms. The summed E-state index contributed by atoms with van der Waals surface area (Å²) in [5.41, 5.74) is 0. The number of hydrogen-bond donors (Lipinski definition) is 2. The number of aliphatic hydroxyl groups excluding tert-OH is 1. The van der Waals surface area contributed by atoms with Crippen LogP contribution in [0, 0.1) is 11.8 Å². The molecule has 0 bridgehead atoms. The Morgan fingerprint density at radius 3 is 2.67 bits per heavy atom. The van der Waals surface area contributed by atoms with Gasteiger partial charge in [0.25, 0.3) is 0 Å². The van der Waals surface area contributed by atoms with E-state index in [1.165, 1.54) is 32.4 Å². The van der Waals surface area contributed by atoms with Crippen molar-refractivity contribution in [3.8, 4) is 0 Å². The molecule has 0 aromatic rings. The van der Waals surface area contributed by atoms with Crippen LogP contribution in [0.4, 0.5) is 0 Å². The normalized spacial score (nSPS) is 31.5. The topological polar surface area (TPSA) is 35.5 Å². The van der Waals surface area contributed by atoms with Gasteiger partial charge in [-0.25, -0.2) is 0 Å². The van der Waals surface area contributed by atoms with Gasteiger partial charge in [-0.1, -0.05) is 13.8 Å². The van der Waals surface area contributed by atoms with Gasteiger partial charge in [0.05, 0.1) is 6.10 Å². The molecule has 0 aromatic carbocycles. The Kier molecular flexibility index (Phi) is 5.46. The highest BCUT2D eigenvalue weighted by molar-refractivity contribution is 4.89. The van der Waals surface area contributed by atoms with E-state index in [-0.39, 0.29) is 6.10 Å². The number of hydrogen-bond acceptors (Lipinski definition) is 3. The van der Waals surface area contributed by atoms with Gasteiger partial charge in [0, 0.05) is 25.7 Å². The van der Waals surface area contributed by atoms with Crippen molar-refractivity contribution in [2.75, 3.05) is 26.2 Å². The van der Waals surface area contributed by atoms with E-state index in [9.17, 15) is 5.11 Å². The van der Waals surface area contributed by atoms with Gasteiger partial charge in [0.2, 0.25) is 0 Å². The number of likely N-dealkylation sites (tertiary alicyclic amines) is 1. The van der Waals surface area contributed by atoms with Gasteiger partial charge in [-0.05, 0) is 50.5 Å². The van der Waals surface area contributed by atoms with Crippen LogP contribution in [0.3, 0.4) is 0 Å². The SMILES string of the molecule is CCCNC1CC(C(O)CC)CN(CC2CC2)C1. The molecule has 1 heterocycles. The van der Waals surface area contributed by atoms with E-state index in [4.69, 9.17) is 0 Å². The van der Waals surface area contributed by atoms with Crippen molar-refractivity contribution in [2.45, 2.75) is 58.1 Å². The second kappa shape index (κ2) is 6.88. The minimum Gasteiger partial charge on any atom is -0.393 e. The minimum absolute atomic E-state index is 0.113. The third-order valence-corrected chi connectivity index (χ3v) is 4.42. The van der Waals surface area contributed by atoms with Gasteiger partial charge in [-0.3, -0.25) is 0 Å². The summed E-state index contributed by atoms with van der Waals surface area (Å²) in [7, 11) is 0. The molecule has 18 heavy (non-hydrogen) atoms. The molecule has 3 nitrogen and oxygen atoms in total. The monoisotopic (exact) mass is 254 g/mol. The van der Waals surface area contributed by atoms with Crippen molar-refractivity contribution in [3.63, 3.8) is 0 Å². The number of piperidine rings is 1. The highest BCUT2D eigenvalue weighted by Gasteiger charge is 2.33. The number of nitrogens with one attached hydrogen (secondary N) is 1. The molecule has 0 spiro atoms. The molecule has 3 atom stereocenters. The fraction of sp³-hybridized carbons (Fsp3) is 1.00. The molecular formula is C15H30N2O. The van der Waals surface area contributed by atoms with Crippen LogP contribution < -0.4 is 5.32 Å². The minimum atomic E-state index is -0.113. The number of aliphatic hydroxyl groups is 1. The van der Waals surface area contributed by atoms with Crippen molar-refractivity contribution < 1.29 is 5.11 Å². The molecule has 1 saturated carbocycles. The molecule has 2 aliphatic rings. The lowest BCUT2D eigenvalue weighted by atomic mass is 9.88. The molecule has 2 fully saturated rings. The summed E-state index contributed by atoms with van der Waals surface area (Å²) in [5, 5.41) is 13.8. The van der Waals surface area contributed by atoms with Gasteiger partial charge in [-0.2, -0.15) is 0 Å². The van der Waals surface area contributed by atoms with Gasteiger partial charge < -0.3 is 15.3 Å². The summed E-state index contributed by atoms with van der Waals surface area (Å²) in [6.45, 7) is 8.97. The maximum atomic E-state index is 10.1. The number of rotatable bonds is 7. The molecule has 2 N–H and O–H groups in total. The predicted octanol–water partition coefficient (Wildman–Crippen LogP) is 1.86. The van der Waals surface area contributed by atoms with Crippen LogP contribution in [0.15, 0.2) is 0 Å². The van der Waals surface area contributed by atoms with Crippen molar-refractivity contribution in [2.24, 2.45) is 11.8 Å². The summed E-state index contributed by atoms with van der Waals surface area (Å²) in [4.78, 5) is 2.60. The van der Waals surface area contributed by atoms with Gasteiger partial charge in [0.15, 0.2) is 0 Å². The molecule has 1 aliphatic heterocycles. The first kappa shape index (κ1) is 14.3. The molecule has 1 saturated heterocycles. The second-order valence-electron chi connectivity index (χ2n) is 6.28. The quantitative estimate of drug-likeness (QED) is 0.728. The highest BCUT2D eigenvalue weighted by Crippen LogP contribution is 2.32. The molecule has 106 valence electrons. The Hall–Kier alpha value is -0.120. The first-order valence-corrected chi connectivity index (χ1v) is 7.86. The van der Waals surface area contributed by atoms with Crippen molar-refractivity contribution >= 4 is 0 Å². The second-order valence-corrected chi connectivity index (χ2v) is 6.28. The third-order valence-electron chi connectivity index (χ3n) is 4.42. The van der Waals surface area contributed by atoms with Gasteiger partial charge in [-0.15, -0.1) is 0 Å². The van der Waals surface area contributed by atoms with Crippen molar-refractivity contribution in [1.82, 2.24) is 10.2 Å². The average Bonchev–Trinajstić information content (AvgIpc) is 3.19. The van der Waals surface area contributed by atoms with E-state index in [0.29, 0.717) is 12.0 Å². The lowest BCUT2D eigenvalue weighted by Crippen LogP contribution is -2.52. The van der Waals surface area contributed by atoms with E-state index < -0.39 is 0 Å². The van der Waals surface area contributed by atoms with E-state index in [1.807, 2.05) is 0 Å². The summed E-state index contributed by atoms with van der Waals surface area (Å²) >= 11 is 0. The van der Waals surface area contributed by atoms with E-state index in [2.05, 4.69) is 24.1 Å². The molecule has 1 aliphatic carbocycles. The maximum Gasteiger partial charge on any atom is 0.0578 e. The predicted molar refractivity (Wildman–Crippen MR) is 75.7 cm³/mol. The smallest absolute Gasteiger partial charge is 0.0578 e. The Bertz CT molecular complexity index is 243. The van der Waals surface area contributed by atoms with Crippen LogP contribution in [-0.2, 0) is 0 Å².